The van der Waals surface area contributed by atoms with E-state index in [9.17, 15) is 9.59 Å². The molecule has 0 spiro atoms. The molecule has 20 heavy (non-hydrogen) atoms. The average Bonchev–Trinajstić information content (AvgIpc) is 2.29. The van der Waals surface area contributed by atoms with Crippen molar-refractivity contribution >= 4 is 11.8 Å². The normalized spacial score (nSPS) is 25.9. The van der Waals surface area contributed by atoms with Crippen molar-refractivity contribution < 1.29 is 9.59 Å². The lowest BCUT2D eigenvalue weighted by Gasteiger charge is -2.48. The van der Waals surface area contributed by atoms with Gasteiger partial charge in [0.2, 0.25) is 11.8 Å². The highest BCUT2D eigenvalue weighted by Gasteiger charge is 2.48. The Balaban J connectivity index is 3.17. The summed E-state index contributed by atoms with van der Waals surface area (Å²) in [6, 6.07) is -0.670. The van der Waals surface area contributed by atoms with Crippen molar-refractivity contribution in [3.05, 3.63) is 0 Å². The van der Waals surface area contributed by atoms with Crippen LogP contribution in [0.3, 0.4) is 0 Å². The van der Waals surface area contributed by atoms with Gasteiger partial charge in [-0.05, 0) is 24.7 Å². The molecule has 116 valence electrons. The molecule has 0 aromatic carbocycles. The van der Waals surface area contributed by atoms with Crippen LogP contribution in [-0.4, -0.2) is 34.8 Å². The summed E-state index contributed by atoms with van der Waals surface area (Å²) in [4.78, 5) is 27.2. The van der Waals surface area contributed by atoms with Crippen LogP contribution in [-0.2, 0) is 9.59 Å². The van der Waals surface area contributed by atoms with Gasteiger partial charge in [-0.15, -0.1) is 0 Å². The van der Waals surface area contributed by atoms with Crippen LogP contribution in [0.1, 0.15) is 61.3 Å². The van der Waals surface area contributed by atoms with Crippen LogP contribution < -0.4 is 5.32 Å². The molecule has 2 amide bonds. The van der Waals surface area contributed by atoms with Gasteiger partial charge in [0.15, 0.2) is 0 Å². The second-order valence-corrected chi connectivity index (χ2v) is 7.38. The maximum absolute atomic E-state index is 12.8. The van der Waals surface area contributed by atoms with Crippen molar-refractivity contribution in [3.63, 3.8) is 0 Å². The van der Waals surface area contributed by atoms with Crippen molar-refractivity contribution in [2.45, 2.75) is 79.4 Å². The minimum absolute atomic E-state index is 0.0150. The Morgan fingerprint density at radius 3 is 2.15 bits per heavy atom. The molecule has 1 N–H and O–H groups in total. The third-order valence-electron chi connectivity index (χ3n) is 4.01. The number of rotatable bonds is 4. The van der Waals surface area contributed by atoms with Crippen LogP contribution in [0, 0.1) is 11.3 Å². The number of nitrogens with zero attached hydrogens (tertiary/aromatic N) is 1. The third kappa shape index (κ3) is 3.33. The van der Waals surface area contributed by atoms with Crippen molar-refractivity contribution in [2.24, 2.45) is 11.3 Å². The van der Waals surface area contributed by atoms with Crippen molar-refractivity contribution in [1.29, 1.82) is 0 Å². The van der Waals surface area contributed by atoms with Crippen molar-refractivity contribution in [3.8, 4) is 0 Å². The monoisotopic (exact) mass is 282 g/mol. The predicted molar refractivity (Wildman–Crippen MR) is 81.2 cm³/mol. The summed E-state index contributed by atoms with van der Waals surface area (Å²) in [5.41, 5.74) is -0.260. The van der Waals surface area contributed by atoms with Gasteiger partial charge in [-0.3, -0.25) is 9.59 Å². The summed E-state index contributed by atoms with van der Waals surface area (Å²) in [5, 5.41) is 2.92. The van der Waals surface area contributed by atoms with Crippen LogP contribution >= 0.6 is 0 Å². The molecule has 0 radical (unpaired) electrons. The Hall–Kier alpha value is -1.06. The first kappa shape index (κ1) is 17.0. The molecule has 1 rings (SSSR count). The molecule has 0 aromatic heterocycles. The summed E-state index contributed by atoms with van der Waals surface area (Å²) >= 11 is 0. The molecule has 1 heterocycles. The number of piperazine rings is 1. The van der Waals surface area contributed by atoms with Crippen LogP contribution in [0.15, 0.2) is 0 Å². The fourth-order valence-corrected chi connectivity index (χ4v) is 3.00. The lowest BCUT2D eigenvalue weighted by Crippen LogP contribution is -2.69. The molecule has 1 aliphatic heterocycles. The molecule has 1 aliphatic rings. The quantitative estimate of drug-likeness (QED) is 0.861. The van der Waals surface area contributed by atoms with E-state index in [-0.39, 0.29) is 41.3 Å². The van der Waals surface area contributed by atoms with E-state index in [1.54, 1.807) is 0 Å². The van der Waals surface area contributed by atoms with Gasteiger partial charge in [0.25, 0.3) is 0 Å². The number of carbonyl (C=O) groups is 2. The van der Waals surface area contributed by atoms with Crippen LogP contribution in [0.2, 0.25) is 0 Å². The van der Waals surface area contributed by atoms with E-state index in [1.165, 1.54) is 0 Å². The summed E-state index contributed by atoms with van der Waals surface area (Å²) < 4.78 is 0. The molecule has 1 fully saturated rings. The van der Waals surface area contributed by atoms with Gasteiger partial charge in [-0.1, -0.05) is 48.0 Å². The summed E-state index contributed by atoms with van der Waals surface area (Å²) in [7, 11) is 0. The number of hydrogen-bond donors (Lipinski definition) is 1. The first-order chi connectivity index (χ1) is 9.11. The fourth-order valence-electron chi connectivity index (χ4n) is 3.00. The van der Waals surface area contributed by atoms with E-state index in [0.29, 0.717) is 0 Å². The second-order valence-electron chi connectivity index (χ2n) is 7.38. The molecular weight excluding hydrogens is 252 g/mol. The molecule has 4 nitrogen and oxygen atoms in total. The lowest BCUT2D eigenvalue weighted by molar-refractivity contribution is -0.158. The molecule has 3 unspecified atom stereocenters. The Morgan fingerprint density at radius 1 is 1.20 bits per heavy atom. The van der Waals surface area contributed by atoms with E-state index in [2.05, 4.69) is 19.2 Å². The van der Waals surface area contributed by atoms with Crippen LogP contribution in [0.25, 0.3) is 0 Å². The first-order valence-corrected chi connectivity index (χ1v) is 7.73. The van der Waals surface area contributed by atoms with Gasteiger partial charge >= 0.3 is 0 Å². The molecule has 3 atom stereocenters. The zero-order chi connectivity index (χ0) is 15.7. The SMILES string of the molecule is CCCC(C)N1C(=O)C(C(C)C)NC(=O)C1C(C)(C)C. The Bertz CT molecular complexity index is 371. The molecule has 0 aromatic rings. The van der Waals surface area contributed by atoms with Gasteiger partial charge in [-0.2, -0.15) is 0 Å². The molecule has 0 aliphatic carbocycles. The molecular formula is C16H30N2O2. The van der Waals surface area contributed by atoms with E-state index in [1.807, 2.05) is 39.5 Å². The highest BCUT2D eigenvalue weighted by Crippen LogP contribution is 2.31. The van der Waals surface area contributed by atoms with Gasteiger partial charge in [0.05, 0.1) is 0 Å². The minimum atomic E-state index is -0.389. The van der Waals surface area contributed by atoms with Crippen LogP contribution in [0.4, 0.5) is 0 Å². The minimum Gasteiger partial charge on any atom is -0.342 e. The number of carbonyl (C=O) groups excluding carboxylic acids is 2. The molecule has 0 bridgehead atoms. The lowest BCUT2D eigenvalue weighted by atomic mass is 9.81. The number of nitrogens with one attached hydrogen (secondary N) is 1. The largest absolute Gasteiger partial charge is 0.342 e. The van der Waals surface area contributed by atoms with Gasteiger partial charge in [-0.25, -0.2) is 0 Å². The Morgan fingerprint density at radius 2 is 1.75 bits per heavy atom. The molecule has 4 heteroatoms. The van der Waals surface area contributed by atoms with Crippen LogP contribution in [0.5, 0.6) is 0 Å². The number of amides is 2. The smallest absolute Gasteiger partial charge is 0.246 e. The predicted octanol–water partition coefficient (Wildman–Crippen LogP) is 2.57. The third-order valence-corrected chi connectivity index (χ3v) is 4.01. The van der Waals surface area contributed by atoms with Gasteiger partial charge < -0.3 is 10.2 Å². The molecule has 0 saturated carbocycles. The topological polar surface area (TPSA) is 49.4 Å². The summed E-state index contributed by atoms with van der Waals surface area (Å²) in [5.74, 6) is 0.169. The first-order valence-electron chi connectivity index (χ1n) is 7.73. The standard InChI is InChI=1S/C16H30N2O2/c1-8-9-11(4)18-13(16(5,6)7)14(19)17-12(10(2)3)15(18)20/h10-13H,8-9H2,1-7H3,(H,17,19). The zero-order valence-corrected chi connectivity index (χ0v) is 14.0. The van der Waals surface area contributed by atoms with E-state index < -0.39 is 0 Å². The van der Waals surface area contributed by atoms with Gasteiger partial charge in [0, 0.05) is 6.04 Å². The Labute approximate surface area is 123 Å². The highest BCUT2D eigenvalue weighted by molar-refractivity contribution is 5.97. The average molecular weight is 282 g/mol. The second kappa shape index (κ2) is 6.15. The summed E-state index contributed by atoms with van der Waals surface area (Å²) in [6.45, 7) is 14.2. The van der Waals surface area contributed by atoms with E-state index in [4.69, 9.17) is 0 Å². The number of hydrogen-bond acceptors (Lipinski definition) is 2. The summed E-state index contributed by atoms with van der Waals surface area (Å²) in [6.07, 6.45) is 1.94. The van der Waals surface area contributed by atoms with Crippen molar-refractivity contribution in [2.75, 3.05) is 0 Å². The van der Waals surface area contributed by atoms with Crippen molar-refractivity contribution in [1.82, 2.24) is 10.2 Å². The molecule has 1 saturated heterocycles. The van der Waals surface area contributed by atoms with Gasteiger partial charge in [0.1, 0.15) is 12.1 Å². The maximum atomic E-state index is 12.8. The Kier molecular flexibility index (Phi) is 5.22. The zero-order valence-electron chi connectivity index (χ0n) is 14.0. The van der Waals surface area contributed by atoms with E-state index in [0.717, 1.165) is 12.8 Å². The highest BCUT2D eigenvalue weighted by atomic mass is 16.2. The van der Waals surface area contributed by atoms with E-state index >= 15 is 0 Å². The maximum Gasteiger partial charge on any atom is 0.246 e. The fraction of sp³-hybridized carbons (Fsp3) is 0.875.